The molecule has 3 rings (SSSR count). The number of amides is 2. The van der Waals surface area contributed by atoms with Gasteiger partial charge in [-0.1, -0.05) is 0 Å². The number of nitrogens with one attached hydrogen (secondary N) is 1. The van der Waals surface area contributed by atoms with E-state index in [1.807, 2.05) is 0 Å². The maximum absolute atomic E-state index is 13.1. The number of nitrogens with zero attached hydrogens (tertiary/aromatic N) is 4. The Morgan fingerprint density at radius 1 is 1.25 bits per heavy atom. The van der Waals surface area contributed by atoms with Gasteiger partial charge in [0.1, 0.15) is 5.82 Å². The number of H-pyrrole nitrogens is 1. The lowest BCUT2D eigenvalue weighted by Gasteiger charge is -2.16. The Bertz CT molecular complexity index is 861. The average Bonchev–Trinajstić information content (AvgIpc) is 3.06. The van der Waals surface area contributed by atoms with Crippen LogP contribution in [0.25, 0.3) is 22.6 Å². The molecule has 2 aromatic heterocycles. The van der Waals surface area contributed by atoms with Crippen molar-refractivity contribution in [3.8, 4) is 22.6 Å². The summed E-state index contributed by atoms with van der Waals surface area (Å²) in [7, 11) is 0. The highest BCUT2D eigenvalue weighted by molar-refractivity contribution is 5.89. The van der Waals surface area contributed by atoms with Crippen LogP contribution in [-0.4, -0.2) is 32.5 Å². The number of hydrogen-bond acceptors (Lipinski definition) is 4. The number of anilines is 1. The fourth-order valence-corrected chi connectivity index (χ4v) is 2.33. The molecule has 0 saturated heterocycles. The molecule has 0 bridgehead atoms. The van der Waals surface area contributed by atoms with E-state index in [1.54, 1.807) is 31.3 Å². The standard InChI is InChI=1S/C16H15FN6O/c1-2-23(15(18)24)16-19-8-7-12(22-16)14-13(20-9-21-14)10-3-5-11(17)6-4-10/h3-9H,2H2,1H3,(H2,18,24)(H,20,21). The first-order chi connectivity index (χ1) is 11.6. The molecular formula is C16H15FN6O. The highest BCUT2D eigenvalue weighted by Crippen LogP contribution is 2.28. The van der Waals surface area contributed by atoms with Crippen molar-refractivity contribution in [3.05, 3.63) is 48.7 Å². The Morgan fingerprint density at radius 2 is 2.00 bits per heavy atom. The fourth-order valence-electron chi connectivity index (χ4n) is 2.33. The quantitative estimate of drug-likeness (QED) is 0.769. The van der Waals surface area contributed by atoms with Crippen molar-refractivity contribution in [2.75, 3.05) is 11.4 Å². The van der Waals surface area contributed by atoms with Gasteiger partial charge in [0.05, 0.1) is 23.4 Å². The van der Waals surface area contributed by atoms with Gasteiger partial charge >= 0.3 is 6.03 Å². The maximum atomic E-state index is 13.1. The van der Waals surface area contributed by atoms with Crippen molar-refractivity contribution in [1.82, 2.24) is 19.9 Å². The third kappa shape index (κ3) is 2.94. The maximum Gasteiger partial charge on any atom is 0.321 e. The third-order valence-electron chi connectivity index (χ3n) is 3.48. The second kappa shape index (κ2) is 6.45. The third-order valence-corrected chi connectivity index (χ3v) is 3.48. The van der Waals surface area contributed by atoms with Crippen LogP contribution >= 0.6 is 0 Å². The predicted octanol–water partition coefficient (Wildman–Crippen LogP) is 2.58. The highest BCUT2D eigenvalue weighted by atomic mass is 19.1. The van der Waals surface area contributed by atoms with E-state index in [-0.39, 0.29) is 11.8 Å². The molecule has 7 nitrogen and oxygen atoms in total. The first kappa shape index (κ1) is 15.6. The summed E-state index contributed by atoms with van der Waals surface area (Å²) in [5, 5.41) is 0. The Morgan fingerprint density at radius 3 is 2.67 bits per heavy atom. The lowest BCUT2D eigenvalue weighted by molar-refractivity contribution is 0.254. The number of urea groups is 1. The molecule has 0 spiro atoms. The normalized spacial score (nSPS) is 10.6. The molecule has 0 atom stereocenters. The Balaban J connectivity index is 2.03. The number of rotatable bonds is 4. The average molecular weight is 326 g/mol. The van der Waals surface area contributed by atoms with Crippen molar-refractivity contribution in [1.29, 1.82) is 0 Å². The summed E-state index contributed by atoms with van der Waals surface area (Å²) in [5.41, 5.74) is 7.90. The lowest BCUT2D eigenvalue weighted by Crippen LogP contribution is -2.36. The molecular weight excluding hydrogens is 311 g/mol. The van der Waals surface area contributed by atoms with Crippen molar-refractivity contribution in [3.63, 3.8) is 0 Å². The van der Waals surface area contributed by atoms with Gasteiger partial charge in [-0.2, -0.15) is 0 Å². The second-order valence-corrected chi connectivity index (χ2v) is 4.96. The Kier molecular flexibility index (Phi) is 4.19. The Hall–Kier alpha value is -3.29. The molecule has 2 amide bonds. The Labute approximate surface area is 137 Å². The monoisotopic (exact) mass is 326 g/mol. The van der Waals surface area contributed by atoms with Gasteiger partial charge in [0.25, 0.3) is 0 Å². The smallest absolute Gasteiger partial charge is 0.321 e. The predicted molar refractivity (Wildman–Crippen MR) is 87.6 cm³/mol. The van der Waals surface area contributed by atoms with Crippen LogP contribution in [0.2, 0.25) is 0 Å². The summed E-state index contributed by atoms with van der Waals surface area (Å²) in [5.74, 6) is -0.109. The topological polar surface area (TPSA) is 101 Å². The number of carbonyl (C=O) groups is 1. The molecule has 3 aromatic rings. The molecule has 2 heterocycles. The molecule has 0 aliphatic rings. The number of nitrogens with two attached hydrogens (primary N) is 1. The molecule has 0 aliphatic heterocycles. The summed E-state index contributed by atoms with van der Waals surface area (Å²) < 4.78 is 13.1. The first-order valence-corrected chi connectivity index (χ1v) is 7.30. The van der Waals surface area contributed by atoms with Crippen molar-refractivity contribution in [2.45, 2.75) is 6.92 Å². The van der Waals surface area contributed by atoms with Crippen LogP contribution in [0, 0.1) is 5.82 Å². The van der Waals surface area contributed by atoms with E-state index in [9.17, 15) is 9.18 Å². The molecule has 122 valence electrons. The molecule has 0 saturated carbocycles. The van der Waals surface area contributed by atoms with Crippen LogP contribution in [0.4, 0.5) is 15.1 Å². The van der Waals surface area contributed by atoms with Crippen LogP contribution in [-0.2, 0) is 0 Å². The zero-order chi connectivity index (χ0) is 17.1. The van der Waals surface area contributed by atoms with Gasteiger partial charge in [-0.15, -0.1) is 0 Å². The minimum Gasteiger partial charge on any atom is -0.351 e. The summed E-state index contributed by atoms with van der Waals surface area (Å²) in [4.78, 5) is 28.5. The highest BCUT2D eigenvalue weighted by Gasteiger charge is 2.17. The van der Waals surface area contributed by atoms with E-state index in [4.69, 9.17) is 5.73 Å². The van der Waals surface area contributed by atoms with Crippen LogP contribution in [0.15, 0.2) is 42.9 Å². The number of aromatic nitrogens is 4. The summed E-state index contributed by atoms with van der Waals surface area (Å²) >= 11 is 0. The van der Waals surface area contributed by atoms with Crippen molar-refractivity contribution in [2.24, 2.45) is 5.73 Å². The van der Waals surface area contributed by atoms with Gasteiger partial charge in [0.15, 0.2) is 0 Å². The van der Waals surface area contributed by atoms with Gasteiger partial charge < -0.3 is 10.7 Å². The number of halogens is 1. The molecule has 24 heavy (non-hydrogen) atoms. The van der Waals surface area contributed by atoms with Gasteiger partial charge in [0, 0.05) is 18.3 Å². The summed E-state index contributed by atoms with van der Waals surface area (Å²) in [6.07, 6.45) is 3.07. The molecule has 0 unspecified atom stereocenters. The largest absolute Gasteiger partial charge is 0.351 e. The van der Waals surface area contributed by atoms with E-state index in [2.05, 4.69) is 19.9 Å². The van der Waals surface area contributed by atoms with E-state index in [0.717, 1.165) is 5.56 Å². The zero-order valence-corrected chi connectivity index (χ0v) is 12.9. The molecule has 1 aromatic carbocycles. The summed E-state index contributed by atoms with van der Waals surface area (Å²) in [6, 6.07) is 7.07. The van der Waals surface area contributed by atoms with Gasteiger partial charge in [-0.25, -0.2) is 24.1 Å². The summed E-state index contributed by atoms with van der Waals surface area (Å²) in [6.45, 7) is 2.13. The number of primary amides is 1. The molecule has 0 aliphatic carbocycles. The van der Waals surface area contributed by atoms with Gasteiger partial charge in [-0.3, -0.25) is 4.90 Å². The van der Waals surface area contributed by atoms with Crippen LogP contribution < -0.4 is 10.6 Å². The van der Waals surface area contributed by atoms with Gasteiger partial charge in [0.2, 0.25) is 5.95 Å². The van der Waals surface area contributed by atoms with Crippen LogP contribution in [0.1, 0.15) is 6.92 Å². The first-order valence-electron chi connectivity index (χ1n) is 7.30. The number of carbonyl (C=O) groups excluding carboxylic acids is 1. The zero-order valence-electron chi connectivity index (χ0n) is 12.9. The lowest BCUT2D eigenvalue weighted by atomic mass is 10.1. The van der Waals surface area contributed by atoms with E-state index in [0.29, 0.717) is 23.6 Å². The molecule has 0 radical (unpaired) electrons. The van der Waals surface area contributed by atoms with Crippen molar-refractivity contribution < 1.29 is 9.18 Å². The minimum absolute atomic E-state index is 0.210. The number of aromatic amines is 1. The SMILES string of the molecule is CCN(C(N)=O)c1nccc(-c2[nH]cnc2-c2ccc(F)cc2)n1. The van der Waals surface area contributed by atoms with E-state index in [1.165, 1.54) is 23.4 Å². The molecule has 3 N–H and O–H groups in total. The number of imidazole rings is 1. The van der Waals surface area contributed by atoms with E-state index >= 15 is 0 Å². The second-order valence-electron chi connectivity index (χ2n) is 4.96. The van der Waals surface area contributed by atoms with Crippen molar-refractivity contribution >= 4 is 12.0 Å². The number of benzene rings is 1. The molecule has 0 fully saturated rings. The number of hydrogen-bond donors (Lipinski definition) is 2. The fraction of sp³-hybridized carbons (Fsp3) is 0.125. The van der Waals surface area contributed by atoms with Gasteiger partial charge in [-0.05, 0) is 37.3 Å². The minimum atomic E-state index is -0.627. The molecule has 8 heteroatoms. The van der Waals surface area contributed by atoms with E-state index < -0.39 is 6.03 Å². The van der Waals surface area contributed by atoms with Crippen LogP contribution in [0.3, 0.4) is 0 Å². The van der Waals surface area contributed by atoms with Crippen LogP contribution in [0.5, 0.6) is 0 Å².